The van der Waals surface area contributed by atoms with Crippen LogP contribution in [0.2, 0.25) is 0 Å². The first-order valence-electron chi connectivity index (χ1n) is 17.3. The van der Waals surface area contributed by atoms with Crippen molar-refractivity contribution in [3.63, 3.8) is 0 Å². The van der Waals surface area contributed by atoms with Gasteiger partial charge in [-0.1, -0.05) is 0 Å². The number of hydrogen-bond acceptors (Lipinski definition) is 11. The number of carbonyl (C=O) groups excluding carboxylic acids is 1. The van der Waals surface area contributed by atoms with Crippen LogP contribution < -0.4 is 14.4 Å². The van der Waals surface area contributed by atoms with Gasteiger partial charge in [-0.25, -0.2) is 36.3 Å². The zero-order valence-corrected chi connectivity index (χ0v) is 30.5. The van der Waals surface area contributed by atoms with Crippen LogP contribution in [0, 0.1) is 18.2 Å². The first-order valence-corrected chi connectivity index (χ1v) is 18.8. The van der Waals surface area contributed by atoms with Crippen molar-refractivity contribution in [2.24, 2.45) is 12.5 Å². The lowest BCUT2D eigenvalue weighted by molar-refractivity contribution is -0.239. The fourth-order valence-electron chi connectivity index (χ4n) is 7.25. The number of amides is 1. The molecule has 2 N–H and O–H groups in total. The summed E-state index contributed by atoms with van der Waals surface area (Å²) in [7, 11) is -2.12. The molecule has 0 saturated carbocycles. The van der Waals surface area contributed by atoms with Crippen LogP contribution in [0.3, 0.4) is 0 Å². The maximum absolute atomic E-state index is 14.3. The van der Waals surface area contributed by atoms with E-state index in [1.54, 1.807) is 27.8 Å². The maximum atomic E-state index is 14.3. The molecule has 3 aliphatic heterocycles. The zero-order chi connectivity index (χ0) is 37.4. The summed E-state index contributed by atoms with van der Waals surface area (Å²) in [5, 5.41) is 15.4. The molecule has 3 fully saturated rings. The number of alkyl halides is 2. The first kappa shape index (κ1) is 37.9. The molecule has 6 rings (SSSR count). The number of aryl methyl sites for hydroxylation is 2. The third kappa shape index (κ3) is 8.35. The van der Waals surface area contributed by atoms with E-state index < -0.39 is 52.6 Å². The highest BCUT2D eigenvalue weighted by molar-refractivity contribution is 7.89. The molecule has 1 aromatic carbocycles. The molecule has 2 aromatic heterocycles. The molecule has 5 heterocycles. The van der Waals surface area contributed by atoms with Crippen molar-refractivity contribution in [2.75, 3.05) is 50.8 Å². The molecule has 3 aromatic rings. The molecule has 18 heteroatoms. The smallest absolute Gasteiger partial charge is 0.258 e. The van der Waals surface area contributed by atoms with Crippen molar-refractivity contribution in [2.45, 2.75) is 75.6 Å². The lowest BCUT2D eigenvalue weighted by Gasteiger charge is -2.55. The number of aliphatic hydroxyl groups is 1. The molecule has 0 bridgehead atoms. The molecular weight excluding hydrogens is 705 g/mol. The van der Waals surface area contributed by atoms with E-state index in [0.717, 1.165) is 43.0 Å². The Hall–Kier alpha value is -3.84. The minimum absolute atomic E-state index is 0.00101. The third-order valence-corrected chi connectivity index (χ3v) is 11.6. The standard InChI is InChI=1S/C34H45F3N8O6S/c1-22(2)45(16-30(36)37)32(46)26-13-24(35)5-6-27(26)51-28-14-38-21-39-31(28)44-18-33(19-44)9-11-43(12-10-33)20-34(47)8-7-25(17-50-34)41-52(48,49)29-15-42(4)40-23(29)3/h5-6,13-15,21-22,25,30,41,47H,7-12,16-20H2,1-4H3/t25-,34-/m1/s1. The Morgan fingerprint density at radius 1 is 1.19 bits per heavy atom. The molecule has 1 amide bonds. The minimum atomic E-state index is -3.78. The Bertz CT molecular complexity index is 1850. The van der Waals surface area contributed by atoms with Gasteiger partial charge >= 0.3 is 0 Å². The van der Waals surface area contributed by atoms with Crippen LogP contribution in [0.25, 0.3) is 0 Å². The molecule has 3 saturated heterocycles. The van der Waals surface area contributed by atoms with Crippen molar-refractivity contribution < 1.29 is 41.0 Å². The fourth-order valence-corrected chi connectivity index (χ4v) is 8.72. The molecule has 1 spiro atoms. The van der Waals surface area contributed by atoms with Gasteiger partial charge in [-0.15, -0.1) is 0 Å². The lowest BCUT2D eigenvalue weighted by Crippen LogP contribution is -2.62. The number of aromatic nitrogens is 4. The summed E-state index contributed by atoms with van der Waals surface area (Å²) in [6, 6.07) is 2.38. The van der Waals surface area contributed by atoms with Gasteiger partial charge in [0.05, 0.1) is 37.2 Å². The van der Waals surface area contributed by atoms with Crippen molar-refractivity contribution >= 4 is 21.7 Å². The molecule has 3 aliphatic rings. The van der Waals surface area contributed by atoms with Gasteiger partial charge in [-0.05, 0) is 71.3 Å². The highest BCUT2D eigenvalue weighted by Gasteiger charge is 2.47. The number of likely N-dealkylation sites (tertiary alicyclic amines) is 1. The predicted molar refractivity (Wildman–Crippen MR) is 183 cm³/mol. The van der Waals surface area contributed by atoms with Crippen LogP contribution >= 0.6 is 0 Å². The summed E-state index contributed by atoms with van der Waals surface area (Å²) in [5.41, 5.74) is 0.229. The van der Waals surface area contributed by atoms with E-state index >= 15 is 0 Å². The average Bonchev–Trinajstić information content (AvgIpc) is 3.43. The highest BCUT2D eigenvalue weighted by atomic mass is 32.2. The number of nitrogens with zero attached hydrogens (tertiary/aromatic N) is 7. The number of sulfonamides is 1. The molecule has 284 valence electrons. The summed E-state index contributed by atoms with van der Waals surface area (Å²) in [6.45, 7) is 7.22. The monoisotopic (exact) mass is 750 g/mol. The third-order valence-electron chi connectivity index (χ3n) is 10.0. The van der Waals surface area contributed by atoms with E-state index in [4.69, 9.17) is 9.47 Å². The van der Waals surface area contributed by atoms with Crippen LogP contribution in [0.15, 0.2) is 41.8 Å². The summed E-state index contributed by atoms with van der Waals surface area (Å²) in [4.78, 5) is 27.1. The van der Waals surface area contributed by atoms with Crippen molar-refractivity contribution in [1.82, 2.24) is 34.3 Å². The molecule has 0 radical (unpaired) electrons. The molecule has 52 heavy (non-hydrogen) atoms. The number of ether oxygens (including phenoxy) is 2. The number of anilines is 1. The number of hydrogen-bond donors (Lipinski definition) is 2. The van der Waals surface area contributed by atoms with E-state index in [2.05, 4.69) is 24.7 Å². The van der Waals surface area contributed by atoms with E-state index in [0.29, 0.717) is 37.6 Å². The Morgan fingerprint density at radius 2 is 1.92 bits per heavy atom. The molecule has 0 unspecified atom stereocenters. The Morgan fingerprint density at radius 3 is 2.54 bits per heavy atom. The van der Waals surface area contributed by atoms with Crippen LogP contribution in [-0.2, 0) is 21.8 Å². The van der Waals surface area contributed by atoms with Gasteiger partial charge in [0.1, 0.15) is 22.8 Å². The van der Waals surface area contributed by atoms with Gasteiger partial charge in [0.2, 0.25) is 10.0 Å². The summed E-state index contributed by atoms with van der Waals surface area (Å²) in [5.74, 6) is -2.13. The summed E-state index contributed by atoms with van der Waals surface area (Å²) < 4.78 is 82.7. The van der Waals surface area contributed by atoms with Gasteiger partial charge < -0.3 is 24.4 Å². The van der Waals surface area contributed by atoms with Gasteiger partial charge in [0.15, 0.2) is 17.4 Å². The molecule has 2 atom stereocenters. The van der Waals surface area contributed by atoms with Crippen LogP contribution in [0.5, 0.6) is 11.5 Å². The van der Waals surface area contributed by atoms with Crippen molar-refractivity contribution in [3.05, 3.63) is 54.0 Å². The number of nitrogens with one attached hydrogen (secondary N) is 1. The second-order valence-electron chi connectivity index (χ2n) is 14.4. The number of benzene rings is 1. The maximum Gasteiger partial charge on any atom is 0.258 e. The Kier molecular flexibility index (Phi) is 10.9. The quantitative estimate of drug-likeness (QED) is 0.280. The van der Waals surface area contributed by atoms with Crippen LogP contribution in [0.1, 0.15) is 55.6 Å². The number of carbonyl (C=O) groups is 1. The second-order valence-corrected chi connectivity index (χ2v) is 16.1. The van der Waals surface area contributed by atoms with E-state index in [1.807, 2.05) is 4.90 Å². The Labute approximate surface area is 301 Å². The minimum Gasteiger partial charge on any atom is -0.451 e. The largest absolute Gasteiger partial charge is 0.451 e. The van der Waals surface area contributed by atoms with Crippen LogP contribution in [0.4, 0.5) is 19.0 Å². The summed E-state index contributed by atoms with van der Waals surface area (Å²) >= 11 is 0. The Balaban J connectivity index is 1.03. The lowest BCUT2D eigenvalue weighted by atomic mass is 9.72. The molecular formula is C34H45F3N8O6S. The fraction of sp³-hybridized carbons (Fsp3) is 0.588. The van der Waals surface area contributed by atoms with E-state index in [1.165, 1.54) is 29.5 Å². The van der Waals surface area contributed by atoms with Gasteiger partial charge in [-0.2, -0.15) is 5.10 Å². The number of halogens is 3. The normalized spacial score (nSPS) is 22.2. The number of rotatable bonds is 12. The number of β-amino-alcohol motifs (C(OH)–C–C–N with tert-alkyl or cyclic N) is 1. The van der Waals surface area contributed by atoms with Crippen molar-refractivity contribution in [1.29, 1.82) is 0 Å². The second kappa shape index (κ2) is 14.9. The molecule has 0 aliphatic carbocycles. The van der Waals surface area contributed by atoms with Gasteiger partial charge in [-0.3, -0.25) is 14.4 Å². The van der Waals surface area contributed by atoms with E-state index in [9.17, 15) is 31.5 Å². The average molecular weight is 751 g/mol. The zero-order valence-electron chi connectivity index (χ0n) is 29.6. The predicted octanol–water partition coefficient (Wildman–Crippen LogP) is 3.31. The molecule has 14 nitrogen and oxygen atoms in total. The van der Waals surface area contributed by atoms with Crippen LogP contribution in [-0.4, -0.2) is 119 Å². The summed E-state index contributed by atoms with van der Waals surface area (Å²) in [6.07, 6.45) is 3.95. The van der Waals surface area contributed by atoms with Gasteiger partial charge in [0, 0.05) is 50.3 Å². The topological polar surface area (TPSA) is 155 Å². The van der Waals surface area contributed by atoms with Gasteiger partial charge in [0.25, 0.3) is 12.3 Å². The SMILES string of the molecule is Cc1nn(C)cc1S(=O)(=O)N[C@@H]1CC[C@](O)(CN2CCC3(CC2)CN(c2ncncc2Oc2ccc(F)cc2C(=O)N(CC(F)F)C(C)C)C3)OC1. The number of piperidine rings is 1. The highest BCUT2D eigenvalue weighted by Crippen LogP contribution is 2.45. The van der Waals surface area contributed by atoms with E-state index in [-0.39, 0.29) is 40.4 Å². The first-order chi connectivity index (χ1) is 24.6. The van der Waals surface area contributed by atoms with Crippen molar-refractivity contribution in [3.8, 4) is 11.5 Å².